The molecule has 0 amide bonds. The Balaban J connectivity index is 1.48. The van der Waals surface area contributed by atoms with Gasteiger partial charge in [-0.25, -0.2) is 4.79 Å². The minimum atomic E-state index is -1.24. The molecule has 6 heteroatoms. The molecule has 1 fully saturated rings. The standard InChI is InChI=1S/C22H22N2O4/c25-20-6-2-1-4-17(20)15-24-12-9-22(10-13-24,21(26)27)28-18-7-8-19-16(14-18)5-3-11-23-19/h1-8,11,14,25H,9-10,12-13,15H2,(H,26,27). The van der Waals surface area contributed by atoms with Crippen LogP contribution in [0.25, 0.3) is 10.9 Å². The van der Waals surface area contributed by atoms with Crippen LogP contribution in [0.15, 0.2) is 60.8 Å². The molecule has 0 bridgehead atoms. The molecule has 6 nitrogen and oxygen atoms in total. The van der Waals surface area contributed by atoms with Crippen molar-refractivity contribution in [1.82, 2.24) is 9.88 Å². The molecule has 0 atom stereocenters. The minimum absolute atomic E-state index is 0.263. The van der Waals surface area contributed by atoms with E-state index in [4.69, 9.17) is 4.74 Å². The van der Waals surface area contributed by atoms with Gasteiger partial charge in [-0.1, -0.05) is 24.3 Å². The van der Waals surface area contributed by atoms with Crippen LogP contribution in [-0.4, -0.2) is 44.8 Å². The first-order valence-electron chi connectivity index (χ1n) is 9.32. The van der Waals surface area contributed by atoms with Crippen LogP contribution < -0.4 is 4.74 Å². The zero-order chi connectivity index (χ0) is 19.6. The monoisotopic (exact) mass is 378 g/mol. The summed E-state index contributed by atoms with van der Waals surface area (Å²) in [5, 5.41) is 20.8. The van der Waals surface area contributed by atoms with Gasteiger partial charge in [-0.05, 0) is 30.3 Å². The van der Waals surface area contributed by atoms with Crippen LogP contribution in [0.3, 0.4) is 0 Å². The summed E-state index contributed by atoms with van der Waals surface area (Å²) in [6.45, 7) is 1.75. The fourth-order valence-corrected chi connectivity index (χ4v) is 3.66. The molecule has 28 heavy (non-hydrogen) atoms. The number of aromatic nitrogens is 1. The molecule has 0 spiro atoms. The van der Waals surface area contributed by atoms with Crippen molar-refractivity contribution in [2.24, 2.45) is 0 Å². The number of phenols is 1. The average Bonchev–Trinajstić information content (AvgIpc) is 2.71. The van der Waals surface area contributed by atoms with E-state index in [2.05, 4.69) is 9.88 Å². The molecule has 1 aromatic heterocycles. The Morgan fingerprint density at radius 2 is 1.89 bits per heavy atom. The highest BCUT2D eigenvalue weighted by Crippen LogP contribution is 2.32. The second kappa shape index (κ2) is 7.48. The average molecular weight is 378 g/mol. The molecule has 0 aliphatic carbocycles. The number of aliphatic carboxylic acids is 1. The molecule has 0 saturated carbocycles. The quantitative estimate of drug-likeness (QED) is 0.708. The van der Waals surface area contributed by atoms with E-state index in [0.29, 0.717) is 38.2 Å². The lowest BCUT2D eigenvalue weighted by atomic mass is 9.90. The number of nitrogens with zero attached hydrogens (tertiary/aromatic N) is 2. The van der Waals surface area contributed by atoms with Crippen molar-refractivity contribution in [3.05, 3.63) is 66.4 Å². The SMILES string of the molecule is O=C(O)C1(Oc2ccc3ncccc3c2)CCN(Cc2ccccc2O)CC1. The van der Waals surface area contributed by atoms with Gasteiger partial charge in [0.2, 0.25) is 5.60 Å². The van der Waals surface area contributed by atoms with Gasteiger partial charge in [0.15, 0.2) is 0 Å². The summed E-state index contributed by atoms with van der Waals surface area (Å²) in [4.78, 5) is 18.5. The van der Waals surface area contributed by atoms with Crippen LogP contribution in [0.5, 0.6) is 11.5 Å². The number of carbonyl (C=O) groups is 1. The number of pyridine rings is 1. The van der Waals surface area contributed by atoms with Crippen molar-refractivity contribution in [2.45, 2.75) is 25.0 Å². The zero-order valence-corrected chi connectivity index (χ0v) is 15.4. The molecule has 1 aliphatic rings. The predicted molar refractivity (Wildman–Crippen MR) is 105 cm³/mol. The Morgan fingerprint density at radius 1 is 1.11 bits per heavy atom. The Kier molecular flexibility index (Phi) is 4.88. The van der Waals surface area contributed by atoms with Gasteiger partial charge < -0.3 is 14.9 Å². The first kappa shape index (κ1) is 18.3. The molecule has 1 saturated heterocycles. The van der Waals surface area contributed by atoms with Gasteiger partial charge in [0, 0.05) is 49.6 Å². The van der Waals surface area contributed by atoms with E-state index in [1.54, 1.807) is 24.4 Å². The molecule has 0 unspecified atom stereocenters. The molecule has 2 N–H and O–H groups in total. The summed E-state index contributed by atoms with van der Waals surface area (Å²) in [6.07, 6.45) is 2.48. The summed E-state index contributed by atoms with van der Waals surface area (Å²) in [5.41, 5.74) is 0.440. The lowest BCUT2D eigenvalue weighted by molar-refractivity contribution is -0.159. The third-order valence-corrected chi connectivity index (χ3v) is 5.33. The number of phenolic OH excluding ortho intramolecular Hbond substituents is 1. The zero-order valence-electron chi connectivity index (χ0n) is 15.4. The first-order valence-corrected chi connectivity index (χ1v) is 9.32. The number of likely N-dealkylation sites (tertiary alicyclic amines) is 1. The van der Waals surface area contributed by atoms with Gasteiger partial charge in [0.1, 0.15) is 11.5 Å². The molecule has 4 rings (SSSR count). The van der Waals surface area contributed by atoms with Gasteiger partial charge in [-0.2, -0.15) is 0 Å². The number of carboxylic acid groups (broad SMARTS) is 1. The third-order valence-electron chi connectivity index (χ3n) is 5.33. The van der Waals surface area contributed by atoms with Gasteiger partial charge in [0.05, 0.1) is 5.52 Å². The summed E-state index contributed by atoms with van der Waals surface area (Å²) >= 11 is 0. The smallest absolute Gasteiger partial charge is 0.348 e. The number of hydrogen-bond acceptors (Lipinski definition) is 5. The lowest BCUT2D eigenvalue weighted by Gasteiger charge is -2.39. The highest BCUT2D eigenvalue weighted by atomic mass is 16.5. The number of hydrogen-bond donors (Lipinski definition) is 2. The number of aromatic hydroxyl groups is 1. The molecule has 0 radical (unpaired) electrons. The fraction of sp³-hybridized carbons (Fsp3) is 0.273. The Labute approximate surface area is 163 Å². The maximum atomic E-state index is 12.1. The Bertz CT molecular complexity index is 997. The number of fused-ring (bicyclic) bond motifs is 1. The summed E-state index contributed by atoms with van der Waals surface area (Å²) in [6, 6.07) is 16.4. The highest BCUT2D eigenvalue weighted by molar-refractivity contribution is 5.81. The minimum Gasteiger partial charge on any atom is -0.508 e. The van der Waals surface area contributed by atoms with Crippen molar-refractivity contribution in [3.8, 4) is 11.5 Å². The maximum absolute atomic E-state index is 12.1. The van der Waals surface area contributed by atoms with Crippen molar-refractivity contribution in [1.29, 1.82) is 0 Å². The summed E-state index contributed by atoms with van der Waals surface area (Å²) < 4.78 is 6.03. The van der Waals surface area contributed by atoms with E-state index in [9.17, 15) is 15.0 Å². The van der Waals surface area contributed by atoms with Crippen LogP contribution in [0.2, 0.25) is 0 Å². The molecular formula is C22H22N2O4. The van der Waals surface area contributed by atoms with Gasteiger partial charge in [-0.15, -0.1) is 0 Å². The van der Waals surface area contributed by atoms with Gasteiger partial charge >= 0.3 is 5.97 Å². The van der Waals surface area contributed by atoms with Crippen LogP contribution >= 0.6 is 0 Å². The van der Waals surface area contributed by atoms with E-state index in [0.717, 1.165) is 16.5 Å². The summed E-state index contributed by atoms with van der Waals surface area (Å²) in [7, 11) is 0. The van der Waals surface area contributed by atoms with E-state index < -0.39 is 11.6 Å². The van der Waals surface area contributed by atoms with Crippen LogP contribution in [0.4, 0.5) is 0 Å². The first-order chi connectivity index (χ1) is 13.6. The van der Waals surface area contributed by atoms with Gasteiger partial charge in [0.25, 0.3) is 0 Å². The van der Waals surface area contributed by atoms with Gasteiger partial charge in [-0.3, -0.25) is 9.88 Å². The Hall–Kier alpha value is -3.12. The normalized spacial score (nSPS) is 16.7. The molecule has 144 valence electrons. The number of rotatable bonds is 5. The van der Waals surface area contributed by atoms with E-state index in [1.807, 2.05) is 36.4 Å². The van der Waals surface area contributed by atoms with Crippen molar-refractivity contribution < 1.29 is 19.7 Å². The maximum Gasteiger partial charge on any atom is 0.348 e. The number of benzene rings is 2. The number of piperidine rings is 1. The predicted octanol–water partition coefficient (Wildman–Crippen LogP) is 3.44. The molecule has 2 heterocycles. The van der Waals surface area contributed by atoms with E-state index >= 15 is 0 Å². The van der Waals surface area contributed by atoms with E-state index in [-0.39, 0.29) is 5.75 Å². The second-order valence-corrected chi connectivity index (χ2v) is 7.16. The highest BCUT2D eigenvalue weighted by Gasteiger charge is 2.44. The van der Waals surface area contributed by atoms with E-state index in [1.165, 1.54) is 0 Å². The van der Waals surface area contributed by atoms with Crippen molar-refractivity contribution in [2.75, 3.05) is 13.1 Å². The molecule has 2 aromatic carbocycles. The van der Waals surface area contributed by atoms with Crippen LogP contribution in [0, 0.1) is 0 Å². The fourth-order valence-electron chi connectivity index (χ4n) is 3.66. The number of carboxylic acids is 1. The number of ether oxygens (including phenoxy) is 1. The molecular weight excluding hydrogens is 356 g/mol. The lowest BCUT2D eigenvalue weighted by Crippen LogP contribution is -2.53. The number of para-hydroxylation sites is 1. The third kappa shape index (κ3) is 3.64. The largest absolute Gasteiger partial charge is 0.508 e. The van der Waals surface area contributed by atoms with Crippen molar-refractivity contribution in [3.63, 3.8) is 0 Å². The molecule has 1 aliphatic heterocycles. The van der Waals surface area contributed by atoms with Crippen LogP contribution in [0.1, 0.15) is 18.4 Å². The molecule has 3 aromatic rings. The topological polar surface area (TPSA) is 82.9 Å². The van der Waals surface area contributed by atoms with Crippen molar-refractivity contribution >= 4 is 16.9 Å². The Morgan fingerprint density at radius 3 is 2.64 bits per heavy atom. The summed E-state index contributed by atoms with van der Waals surface area (Å²) in [5.74, 6) is -0.142. The van der Waals surface area contributed by atoms with Crippen LogP contribution in [-0.2, 0) is 11.3 Å². The second-order valence-electron chi connectivity index (χ2n) is 7.16.